The minimum absolute atomic E-state index is 0.321. The normalized spacial score (nSPS) is 11.1. The van der Waals surface area contributed by atoms with E-state index in [0.717, 1.165) is 38.1 Å². The van der Waals surface area contributed by atoms with E-state index in [1.54, 1.807) is 6.07 Å². The van der Waals surface area contributed by atoms with Crippen molar-refractivity contribution in [2.45, 2.75) is 46.3 Å². The number of aryl methyl sites for hydroxylation is 1. The van der Waals surface area contributed by atoms with Gasteiger partial charge in [0.25, 0.3) is 0 Å². The molecule has 1 aromatic rings. The molecule has 0 radical (unpaired) electrons. The lowest BCUT2D eigenvalue weighted by atomic mass is 10.1. The zero-order valence-corrected chi connectivity index (χ0v) is 11.7. The lowest BCUT2D eigenvalue weighted by Crippen LogP contribution is -2.15. The van der Waals surface area contributed by atoms with Gasteiger partial charge >= 0.3 is 0 Å². The van der Waals surface area contributed by atoms with Crippen molar-refractivity contribution in [2.75, 3.05) is 13.2 Å². The first-order valence-electron chi connectivity index (χ1n) is 6.70. The first-order valence-corrected chi connectivity index (χ1v) is 6.70. The van der Waals surface area contributed by atoms with E-state index in [1.807, 2.05) is 19.1 Å². The van der Waals surface area contributed by atoms with E-state index in [1.165, 1.54) is 5.56 Å². The Bertz CT molecular complexity index is 350. The average Bonchev–Trinajstić information content (AvgIpc) is 2.32. The number of hydrogen-bond donors (Lipinski definition) is 2. The second-order valence-electron chi connectivity index (χ2n) is 4.94. The Hall–Kier alpha value is -1.06. The van der Waals surface area contributed by atoms with Crippen LogP contribution in [0.2, 0.25) is 0 Å². The molecule has 0 spiro atoms. The number of benzene rings is 1. The van der Waals surface area contributed by atoms with Crippen molar-refractivity contribution in [3.8, 4) is 5.75 Å². The number of rotatable bonds is 8. The lowest BCUT2D eigenvalue weighted by Gasteiger charge is -2.09. The summed E-state index contributed by atoms with van der Waals surface area (Å²) >= 11 is 0. The first kappa shape index (κ1) is 15.0. The van der Waals surface area contributed by atoms with Gasteiger partial charge in [0, 0.05) is 18.7 Å². The van der Waals surface area contributed by atoms with E-state index >= 15 is 0 Å². The van der Waals surface area contributed by atoms with Gasteiger partial charge in [-0.25, -0.2) is 0 Å². The summed E-state index contributed by atoms with van der Waals surface area (Å²) in [5.74, 6) is 0.372. The van der Waals surface area contributed by atoms with Crippen LogP contribution in [0.1, 0.15) is 37.8 Å². The largest absolute Gasteiger partial charge is 0.508 e. The number of phenols is 1. The number of ether oxygens (including phenoxy) is 1. The molecule has 0 saturated carbocycles. The molecule has 0 unspecified atom stereocenters. The molecule has 2 N–H and O–H groups in total. The predicted octanol–water partition coefficient (Wildman–Crippen LogP) is 3.00. The number of nitrogens with one attached hydrogen (secondary N) is 1. The Labute approximate surface area is 110 Å². The Morgan fingerprint density at radius 1 is 1.28 bits per heavy atom. The maximum absolute atomic E-state index is 9.68. The van der Waals surface area contributed by atoms with Gasteiger partial charge in [0.2, 0.25) is 0 Å². The summed E-state index contributed by atoms with van der Waals surface area (Å²) in [6.07, 6.45) is 2.49. The van der Waals surface area contributed by atoms with E-state index < -0.39 is 0 Å². The molecule has 3 nitrogen and oxygen atoms in total. The summed E-state index contributed by atoms with van der Waals surface area (Å²) in [5, 5.41) is 13.0. The van der Waals surface area contributed by atoms with Gasteiger partial charge in [-0.05, 0) is 46.2 Å². The molecule has 102 valence electrons. The zero-order valence-electron chi connectivity index (χ0n) is 11.7. The Balaban J connectivity index is 2.12. The summed E-state index contributed by atoms with van der Waals surface area (Å²) in [7, 11) is 0. The summed E-state index contributed by atoms with van der Waals surface area (Å²) in [6, 6.07) is 5.69. The van der Waals surface area contributed by atoms with Crippen LogP contribution >= 0.6 is 0 Å². The standard InChI is InChI=1S/C15H25NO2/c1-12(2)18-9-5-4-8-16-11-14-10-13(3)6-7-15(14)17/h6-7,10,12,16-17H,4-5,8-9,11H2,1-3H3. The highest BCUT2D eigenvalue weighted by molar-refractivity contribution is 5.35. The molecule has 18 heavy (non-hydrogen) atoms. The van der Waals surface area contributed by atoms with Crippen LogP contribution in [0.3, 0.4) is 0 Å². The number of hydrogen-bond acceptors (Lipinski definition) is 3. The zero-order chi connectivity index (χ0) is 13.4. The highest BCUT2D eigenvalue weighted by Gasteiger charge is 2.00. The summed E-state index contributed by atoms with van der Waals surface area (Å²) in [5.41, 5.74) is 2.14. The fourth-order valence-corrected chi connectivity index (χ4v) is 1.75. The van der Waals surface area contributed by atoms with Crippen LogP contribution in [-0.4, -0.2) is 24.4 Å². The Morgan fingerprint density at radius 3 is 2.78 bits per heavy atom. The molecule has 0 aromatic heterocycles. The SMILES string of the molecule is Cc1ccc(O)c(CNCCCCOC(C)C)c1. The van der Waals surface area contributed by atoms with Gasteiger partial charge in [0.1, 0.15) is 5.75 Å². The van der Waals surface area contributed by atoms with Crippen LogP contribution < -0.4 is 5.32 Å². The van der Waals surface area contributed by atoms with Gasteiger partial charge in [-0.15, -0.1) is 0 Å². The van der Waals surface area contributed by atoms with Crippen molar-refractivity contribution in [1.29, 1.82) is 0 Å². The van der Waals surface area contributed by atoms with Crippen molar-refractivity contribution in [3.05, 3.63) is 29.3 Å². The Kier molecular flexibility index (Phi) is 6.76. The van der Waals surface area contributed by atoms with Crippen molar-refractivity contribution in [3.63, 3.8) is 0 Å². The maximum Gasteiger partial charge on any atom is 0.120 e. The average molecular weight is 251 g/mol. The molecular formula is C15H25NO2. The molecule has 3 heteroatoms. The molecule has 0 heterocycles. The molecule has 0 aliphatic rings. The topological polar surface area (TPSA) is 41.5 Å². The molecule has 0 aliphatic carbocycles. The second-order valence-corrected chi connectivity index (χ2v) is 4.94. The third kappa shape index (κ3) is 6.03. The summed E-state index contributed by atoms with van der Waals surface area (Å²) in [6.45, 7) is 8.64. The van der Waals surface area contributed by atoms with E-state index in [2.05, 4.69) is 19.2 Å². The maximum atomic E-state index is 9.68. The number of aromatic hydroxyl groups is 1. The fraction of sp³-hybridized carbons (Fsp3) is 0.600. The smallest absolute Gasteiger partial charge is 0.120 e. The van der Waals surface area contributed by atoms with E-state index in [-0.39, 0.29) is 0 Å². The van der Waals surface area contributed by atoms with Crippen molar-refractivity contribution in [2.24, 2.45) is 0 Å². The molecule has 1 rings (SSSR count). The molecule has 0 amide bonds. The van der Waals surface area contributed by atoms with E-state index in [0.29, 0.717) is 11.9 Å². The van der Waals surface area contributed by atoms with Crippen LogP contribution in [0.25, 0.3) is 0 Å². The number of unbranched alkanes of at least 4 members (excludes halogenated alkanes) is 1. The van der Waals surface area contributed by atoms with Gasteiger partial charge in [-0.3, -0.25) is 0 Å². The van der Waals surface area contributed by atoms with Crippen LogP contribution in [0, 0.1) is 6.92 Å². The van der Waals surface area contributed by atoms with Crippen LogP contribution in [0.4, 0.5) is 0 Å². The van der Waals surface area contributed by atoms with Gasteiger partial charge in [-0.2, -0.15) is 0 Å². The Morgan fingerprint density at radius 2 is 2.06 bits per heavy atom. The molecule has 0 atom stereocenters. The van der Waals surface area contributed by atoms with Crippen LogP contribution in [-0.2, 0) is 11.3 Å². The first-order chi connectivity index (χ1) is 8.59. The third-order valence-electron chi connectivity index (χ3n) is 2.75. The highest BCUT2D eigenvalue weighted by atomic mass is 16.5. The van der Waals surface area contributed by atoms with Gasteiger partial charge in [0.05, 0.1) is 6.10 Å². The van der Waals surface area contributed by atoms with E-state index in [4.69, 9.17) is 4.74 Å². The highest BCUT2D eigenvalue weighted by Crippen LogP contribution is 2.17. The van der Waals surface area contributed by atoms with Crippen LogP contribution in [0.15, 0.2) is 18.2 Å². The molecular weight excluding hydrogens is 226 g/mol. The molecule has 0 fully saturated rings. The lowest BCUT2D eigenvalue weighted by molar-refractivity contribution is 0.0760. The van der Waals surface area contributed by atoms with Crippen molar-refractivity contribution in [1.82, 2.24) is 5.32 Å². The number of phenolic OH excluding ortho intramolecular Hbond substituents is 1. The van der Waals surface area contributed by atoms with Crippen molar-refractivity contribution >= 4 is 0 Å². The van der Waals surface area contributed by atoms with Gasteiger partial charge in [0.15, 0.2) is 0 Å². The summed E-state index contributed by atoms with van der Waals surface area (Å²) < 4.78 is 5.47. The minimum atomic E-state index is 0.321. The quantitative estimate of drug-likeness (QED) is 0.698. The predicted molar refractivity (Wildman–Crippen MR) is 74.9 cm³/mol. The van der Waals surface area contributed by atoms with Gasteiger partial charge < -0.3 is 15.2 Å². The molecule has 0 aliphatic heterocycles. The minimum Gasteiger partial charge on any atom is -0.508 e. The molecule has 1 aromatic carbocycles. The third-order valence-corrected chi connectivity index (χ3v) is 2.75. The fourth-order valence-electron chi connectivity index (χ4n) is 1.75. The molecule has 0 saturated heterocycles. The second kappa shape index (κ2) is 8.11. The molecule has 0 bridgehead atoms. The van der Waals surface area contributed by atoms with E-state index in [9.17, 15) is 5.11 Å². The van der Waals surface area contributed by atoms with Gasteiger partial charge in [-0.1, -0.05) is 17.7 Å². The summed E-state index contributed by atoms with van der Waals surface area (Å²) in [4.78, 5) is 0. The van der Waals surface area contributed by atoms with Crippen LogP contribution in [0.5, 0.6) is 5.75 Å². The monoisotopic (exact) mass is 251 g/mol. The van der Waals surface area contributed by atoms with Crippen molar-refractivity contribution < 1.29 is 9.84 Å².